The van der Waals surface area contributed by atoms with Crippen molar-refractivity contribution in [3.8, 4) is 22.8 Å². The minimum absolute atomic E-state index is 0.0185. The van der Waals surface area contributed by atoms with Gasteiger partial charge in [0, 0.05) is 50.1 Å². The van der Waals surface area contributed by atoms with Crippen molar-refractivity contribution >= 4 is 5.97 Å². The fourth-order valence-corrected chi connectivity index (χ4v) is 3.54. The Morgan fingerprint density at radius 3 is 2.41 bits per heavy atom. The predicted molar refractivity (Wildman–Crippen MR) is 150 cm³/mol. The van der Waals surface area contributed by atoms with Crippen LogP contribution in [0, 0.1) is 25.6 Å². The number of benzene rings is 2. The molecule has 0 spiro atoms. The number of aliphatic hydroxyl groups excluding tert-OH is 1. The lowest BCUT2D eigenvalue weighted by Crippen LogP contribution is -2.05. The van der Waals surface area contributed by atoms with E-state index in [1.165, 1.54) is 6.07 Å². The van der Waals surface area contributed by atoms with Crippen molar-refractivity contribution in [1.29, 1.82) is 0 Å². The summed E-state index contributed by atoms with van der Waals surface area (Å²) in [4.78, 5) is 14.2. The number of rotatable bonds is 12. The Balaban J connectivity index is 0.000000578. The van der Waals surface area contributed by atoms with Crippen LogP contribution in [-0.4, -0.2) is 48.1 Å². The van der Waals surface area contributed by atoms with Gasteiger partial charge in [-0.25, -0.2) is 9.37 Å². The van der Waals surface area contributed by atoms with Crippen molar-refractivity contribution in [2.45, 2.75) is 53.1 Å². The Hall–Kier alpha value is -3.49. The van der Waals surface area contributed by atoms with Crippen molar-refractivity contribution in [3.05, 3.63) is 77.2 Å². The Labute approximate surface area is 230 Å². The largest absolute Gasteiger partial charge is 0.489 e. The number of aliphatic carboxylic acids is 1. The van der Waals surface area contributed by atoms with E-state index in [1.54, 1.807) is 12.3 Å². The zero-order valence-corrected chi connectivity index (χ0v) is 23.3. The molecule has 1 saturated carbocycles. The molecule has 0 saturated heterocycles. The van der Waals surface area contributed by atoms with Gasteiger partial charge in [0.1, 0.15) is 18.2 Å². The molecule has 3 aromatic rings. The summed E-state index contributed by atoms with van der Waals surface area (Å²) in [5.41, 5.74) is 4.46. The smallest absolute Gasteiger partial charge is 0.306 e. The molecule has 0 aliphatic heterocycles. The monoisotopic (exact) mass is 541 g/mol. The molecule has 212 valence electrons. The number of hydrogen-bond acceptors (Lipinski definition) is 6. The number of ether oxygens (including phenoxy) is 3. The van der Waals surface area contributed by atoms with Crippen LogP contribution in [0.25, 0.3) is 11.1 Å². The van der Waals surface area contributed by atoms with Crippen LogP contribution in [-0.2, 0) is 16.1 Å². The van der Waals surface area contributed by atoms with Gasteiger partial charge < -0.3 is 24.4 Å². The van der Waals surface area contributed by atoms with Crippen LogP contribution in [0.2, 0.25) is 0 Å². The molecule has 7 nitrogen and oxygen atoms in total. The van der Waals surface area contributed by atoms with Crippen molar-refractivity contribution < 1.29 is 33.6 Å². The molecule has 0 radical (unpaired) electrons. The number of aliphatic hydroxyl groups is 1. The van der Waals surface area contributed by atoms with E-state index in [0.29, 0.717) is 24.7 Å². The zero-order valence-electron chi connectivity index (χ0n) is 23.3. The molecule has 8 heteroatoms. The fraction of sp³-hybridized carbons (Fsp3) is 0.419. The minimum atomic E-state index is -0.630. The van der Waals surface area contributed by atoms with Gasteiger partial charge in [-0.2, -0.15) is 0 Å². The van der Waals surface area contributed by atoms with E-state index >= 15 is 0 Å². The second-order valence-electron chi connectivity index (χ2n) is 9.18. The summed E-state index contributed by atoms with van der Waals surface area (Å²) in [7, 11) is 1.00. The maximum atomic E-state index is 14.4. The van der Waals surface area contributed by atoms with E-state index in [1.807, 2.05) is 50.2 Å². The molecular weight excluding hydrogens is 501 g/mol. The van der Waals surface area contributed by atoms with Gasteiger partial charge in [0.25, 0.3) is 0 Å². The van der Waals surface area contributed by atoms with Gasteiger partial charge in [0.2, 0.25) is 5.88 Å². The topological polar surface area (TPSA) is 98.1 Å². The number of carbonyl (C=O) groups is 1. The van der Waals surface area contributed by atoms with E-state index in [2.05, 4.69) is 11.9 Å². The molecule has 1 aliphatic rings. The molecule has 2 N–H and O–H groups in total. The molecule has 1 aromatic heterocycles. The predicted octanol–water partition coefficient (Wildman–Crippen LogP) is 6.37. The van der Waals surface area contributed by atoms with Crippen LogP contribution < -0.4 is 9.47 Å². The van der Waals surface area contributed by atoms with Gasteiger partial charge in [-0.15, -0.1) is 0 Å². The Kier molecular flexibility index (Phi) is 14.0. The number of aryl methyl sites for hydroxylation is 2. The van der Waals surface area contributed by atoms with Gasteiger partial charge in [0.15, 0.2) is 0 Å². The first-order valence-electron chi connectivity index (χ1n) is 13.2. The first-order valence-corrected chi connectivity index (χ1v) is 13.2. The molecule has 0 unspecified atom stereocenters. The number of aromatic nitrogens is 1. The summed E-state index contributed by atoms with van der Waals surface area (Å²) in [5, 5.41) is 15.1. The SMILES string of the molecule is CCCOCCCOc1cc(C)c(-c2ccc(F)c(COc3cccc(C)c3)c2)cn1.CO.O=C(O)C1CC1. The van der Waals surface area contributed by atoms with E-state index in [9.17, 15) is 9.18 Å². The molecule has 1 aliphatic carbocycles. The number of hydrogen-bond donors (Lipinski definition) is 2. The second-order valence-corrected chi connectivity index (χ2v) is 9.18. The van der Waals surface area contributed by atoms with Crippen molar-refractivity contribution in [2.24, 2.45) is 5.92 Å². The molecule has 0 bridgehead atoms. The third kappa shape index (κ3) is 11.4. The zero-order chi connectivity index (χ0) is 28.6. The van der Waals surface area contributed by atoms with Gasteiger partial charge >= 0.3 is 5.97 Å². The van der Waals surface area contributed by atoms with E-state index < -0.39 is 5.97 Å². The van der Waals surface area contributed by atoms with Gasteiger partial charge in [-0.05, 0) is 74.1 Å². The third-order valence-electron chi connectivity index (χ3n) is 5.78. The summed E-state index contributed by atoms with van der Waals surface area (Å²) in [6.07, 6.45) is 5.41. The first kappa shape index (κ1) is 31.7. The Morgan fingerprint density at radius 1 is 1.03 bits per heavy atom. The fourth-order valence-electron chi connectivity index (χ4n) is 3.54. The lowest BCUT2D eigenvalue weighted by Gasteiger charge is -2.12. The van der Waals surface area contributed by atoms with Gasteiger partial charge in [0.05, 0.1) is 12.5 Å². The maximum absolute atomic E-state index is 14.4. The highest BCUT2D eigenvalue weighted by atomic mass is 19.1. The van der Waals surface area contributed by atoms with Crippen molar-refractivity contribution in [3.63, 3.8) is 0 Å². The average Bonchev–Trinajstić information content (AvgIpc) is 3.78. The van der Waals surface area contributed by atoms with E-state index in [0.717, 1.165) is 67.4 Å². The highest BCUT2D eigenvalue weighted by Crippen LogP contribution is 2.29. The summed E-state index contributed by atoms with van der Waals surface area (Å²) in [6, 6.07) is 14.7. The van der Waals surface area contributed by atoms with Crippen molar-refractivity contribution in [2.75, 3.05) is 26.9 Å². The van der Waals surface area contributed by atoms with Crippen molar-refractivity contribution in [1.82, 2.24) is 4.98 Å². The van der Waals surface area contributed by atoms with E-state index in [4.69, 9.17) is 24.4 Å². The van der Waals surface area contributed by atoms with Crippen LogP contribution in [0.1, 0.15) is 49.3 Å². The minimum Gasteiger partial charge on any atom is -0.489 e. The van der Waals surface area contributed by atoms with Crippen LogP contribution in [0.4, 0.5) is 4.39 Å². The van der Waals surface area contributed by atoms with Gasteiger partial charge in [-0.1, -0.05) is 25.1 Å². The normalized spacial score (nSPS) is 11.9. The van der Waals surface area contributed by atoms with E-state index in [-0.39, 0.29) is 18.3 Å². The average molecular weight is 542 g/mol. The van der Waals surface area contributed by atoms with Crippen LogP contribution in [0.15, 0.2) is 54.7 Å². The molecule has 1 heterocycles. The molecule has 1 fully saturated rings. The molecular formula is C31H40FNO6. The number of nitrogens with zero attached hydrogens (tertiary/aromatic N) is 1. The second kappa shape index (κ2) is 17.2. The Morgan fingerprint density at radius 2 is 1.79 bits per heavy atom. The molecule has 2 aromatic carbocycles. The molecule has 39 heavy (non-hydrogen) atoms. The molecule has 0 atom stereocenters. The van der Waals surface area contributed by atoms with Crippen LogP contribution in [0.3, 0.4) is 0 Å². The summed E-state index contributed by atoms with van der Waals surface area (Å²) >= 11 is 0. The summed E-state index contributed by atoms with van der Waals surface area (Å²) in [6.45, 7) is 8.28. The maximum Gasteiger partial charge on any atom is 0.306 e. The third-order valence-corrected chi connectivity index (χ3v) is 5.78. The first-order chi connectivity index (χ1) is 18.9. The molecule has 4 rings (SSSR count). The number of halogens is 1. The number of pyridine rings is 1. The molecule has 0 amide bonds. The number of carboxylic acids is 1. The summed E-state index contributed by atoms with van der Waals surface area (Å²) in [5.74, 6) is 0.415. The van der Waals surface area contributed by atoms with Crippen LogP contribution in [0.5, 0.6) is 11.6 Å². The highest BCUT2D eigenvalue weighted by molar-refractivity contribution is 5.72. The lowest BCUT2D eigenvalue weighted by atomic mass is 10.0. The standard InChI is InChI=1S/C26H30FNO3.C4H6O2.CH4O/c1-4-11-29-12-6-13-30-26-15-20(3)24(17-28-26)21-9-10-25(27)22(16-21)18-31-23-8-5-7-19(2)14-23;5-4(6)3-1-2-3;1-2/h5,7-10,14-17H,4,6,11-13,18H2,1-3H3;3H,1-2H2,(H,5,6);2H,1H3. The van der Waals surface area contributed by atoms with Crippen LogP contribution >= 0.6 is 0 Å². The summed E-state index contributed by atoms with van der Waals surface area (Å²) < 4.78 is 31.3. The quantitative estimate of drug-likeness (QED) is 0.257. The van der Waals surface area contributed by atoms with Gasteiger partial charge in [-0.3, -0.25) is 4.79 Å². The Bertz CT molecular complexity index is 1170. The number of carboxylic acid groups (broad SMARTS) is 1. The highest BCUT2D eigenvalue weighted by Gasteiger charge is 2.28. The lowest BCUT2D eigenvalue weighted by molar-refractivity contribution is -0.138.